The fraction of sp³-hybridized carbons (Fsp3) is 0.211. The zero-order valence-corrected chi connectivity index (χ0v) is 14.0. The molecule has 0 spiro atoms. The van der Waals surface area contributed by atoms with Crippen LogP contribution in [0.4, 0.5) is 10.1 Å². The fourth-order valence-corrected chi connectivity index (χ4v) is 2.38. The molecule has 0 radical (unpaired) electrons. The Morgan fingerprint density at radius 3 is 2.68 bits per heavy atom. The van der Waals surface area contributed by atoms with Crippen LogP contribution in [0.1, 0.15) is 30.0 Å². The van der Waals surface area contributed by atoms with Gasteiger partial charge in [-0.15, -0.1) is 0 Å². The van der Waals surface area contributed by atoms with Crippen LogP contribution in [0.15, 0.2) is 47.0 Å². The molecule has 2 aromatic carbocycles. The Kier molecular flexibility index (Phi) is 4.75. The summed E-state index contributed by atoms with van der Waals surface area (Å²) in [6.07, 6.45) is 0.385. The summed E-state index contributed by atoms with van der Waals surface area (Å²) < 4.78 is 19.0. The molecule has 3 rings (SSSR count). The third kappa shape index (κ3) is 3.83. The Bertz CT molecular complexity index is 912. The van der Waals surface area contributed by atoms with Gasteiger partial charge in [0.1, 0.15) is 11.9 Å². The molecule has 0 saturated heterocycles. The third-order valence-electron chi connectivity index (χ3n) is 3.86. The number of hydrogen-bond donors (Lipinski definition) is 1. The molecule has 1 atom stereocenters. The summed E-state index contributed by atoms with van der Waals surface area (Å²) in [4.78, 5) is 4.34. The third-order valence-corrected chi connectivity index (χ3v) is 3.86. The molecule has 1 N–H and O–H groups in total. The summed E-state index contributed by atoms with van der Waals surface area (Å²) in [6.45, 7) is 3.60. The van der Waals surface area contributed by atoms with E-state index in [1.54, 1.807) is 19.1 Å². The maximum Gasteiger partial charge on any atom is 0.249 e. The van der Waals surface area contributed by atoms with Crippen molar-refractivity contribution in [2.24, 2.45) is 0 Å². The normalized spacial score (nSPS) is 11.8. The molecule has 0 bridgehead atoms. The van der Waals surface area contributed by atoms with Crippen LogP contribution in [-0.2, 0) is 6.42 Å². The first-order valence-electron chi connectivity index (χ1n) is 7.89. The first-order valence-corrected chi connectivity index (χ1v) is 7.89. The highest BCUT2D eigenvalue weighted by atomic mass is 19.1. The molecule has 25 heavy (non-hydrogen) atoms. The number of halogens is 1. The van der Waals surface area contributed by atoms with Crippen LogP contribution < -0.4 is 5.32 Å². The molecule has 0 aliphatic heterocycles. The lowest BCUT2D eigenvalue weighted by molar-refractivity contribution is 0.368. The van der Waals surface area contributed by atoms with Gasteiger partial charge in [0.25, 0.3) is 0 Å². The Morgan fingerprint density at radius 1 is 1.24 bits per heavy atom. The van der Waals surface area contributed by atoms with Gasteiger partial charge in [-0.25, -0.2) is 4.39 Å². The van der Waals surface area contributed by atoms with Crippen molar-refractivity contribution in [1.29, 1.82) is 5.26 Å². The molecule has 1 aromatic heterocycles. The molecule has 126 valence electrons. The van der Waals surface area contributed by atoms with Crippen molar-refractivity contribution in [2.45, 2.75) is 26.3 Å². The molecule has 6 heteroatoms. The van der Waals surface area contributed by atoms with Crippen molar-refractivity contribution in [2.75, 3.05) is 5.32 Å². The molecule has 1 unspecified atom stereocenters. The van der Waals surface area contributed by atoms with Gasteiger partial charge < -0.3 is 9.84 Å². The average molecular weight is 336 g/mol. The van der Waals surface area contributed by atoms with Gasteiger partial charge in [-0.1, -0.05) is 29.4 Å². The van der Waals surface area contributed by atoms with E-state index in [1.165, 1.54) is 6.07 Å². The van der Waals surface area contributed by atoms with Crippen molar-refractivity contribution >= 4 is 5.69 Å². The number of hydrogen-bond acceptors (Lipinski definition) is 5. The second-order valence-electron chi connectivity index (χ2n) is 5.82. The minimum atomic E-state index is -0.299. The van der Waals surface area contributed by atoms with Gasteiger partial charge in [0.15, 0.2) is 0 Å². The van der Waals surface area contributed by atoms with E-state index in [4.69, 9.17) is 9.78 Å². The number of anilines is 1. The summed E-state index contributed by atoms with van der Waals surface area (Å²) >= 11 is 0. The van der Waals surface area contributed by atoms with Crippen molar-refractivity contribution in [1.82, 2.24) is 10.1 Å². The number of aromatic nitrogens is 2. The fourth-order valence-electron chi connectivity index (χ4n) is 2.38. The maximum absolute atomic E-state index is 13.7. The molecule has 1 heterocycles. The van der Waals surface area contributed by atoms with Crippen LogP contribution in [-0.4, -0.2) is 10.1 Å². The van der Waals surface area contributed by atoms with E-state index >= 15 is 0 Å². The van der Waals surface area contributed by atoms with E-state index in [0.717, 1.165) is 11.3 Å². The summed E-state index contributed by atoms with van der Waals surface area (Å²) in [5.41, 5.74) is 2.99. The standard InChI is InChI=1S/C19H17FN4O/c1-12-3-6-15(11-17(12)20)18-23-19(25-24-18)13(2)22-16-7-4-14(5-8-16)9-10-21/h3-8,11,13,22H,9H2,1-2H3. The Morgan fingerprint density at radius 2 is 2.00 bits per heavy atom. The van der Waals surface area contributed by atoms with Crippen LogP contribution in [0, 0.1) is 24.1 Å². The van der Waals surface area contributed by atoms with Crippen LogP contribution in [0.25, 0.3) is 11.4 Å². The Hall–Kier alpha value is -3.20. The SMILES string of the molecule is Cc1ccc(-c2noc(C(C)Nc3ccc(CC#N)cc3)n2)cc1F. The van der Waals surface area contributed by atoms with Gasteiger partial charge in [-0.3, -0.25) is 0 Å². The molecule has 5 nitrogen and oxygen atoms in total. The molecular weight excluding hydrogens is 319 g/mol. The smallest absolute Gasteiger partial charge is 0.249 e. The summed E-state index contributed by atoms with van der Waals surface area (Å²) in [5, 5.41) is 15.9. The molecule has 0 fully saturated rings. The number of nitrogens with one attached hydrogen (secondary N) is 1. The van der Waals surface area contributed by atoms with Crippen molar-refractivity contribution < 1.29 is 8.91 Å². The van der Waals surface area contributed by atoms with Gasteiger partial charge in [0.05, 0.1) is 12.5 Å². The topological polar surface area (TPSA) is 74.7 Å². The highest BCUT2D eigenvalue weighted by Crippen LogP contribution is 2.23. The van der Waals surface area contributed by atoms with Crippen molar-refractivity contribution in [3.8, 4) is 17.5 Å². The number of nitrogens with zero attached hydrogens (tertiary/aromatic N) is 3. The first-order chi connectivity index (χ1) is 12.1. The van der Waals surface area contributed by atoms with Gasteiger partial charge >= 0.3 is 0 Å². The second kappa shape index (κ2) is 7.14. The van der Waals surface area contributed by atoms with Crippen molar-refractivity contribution in [3.63, 3.8) is 0 Å². The highest BCUT2D eigenvalue weighted by molar-refractivity contribution is 5.55. The molecular formula is C19H17FN4O. The maximum atomic E-state index is 13.7. The number of nitriles is 1. The minimum Gasteiger partial charge on any atom is -0.374 e. The van der Waals surface area contributed by atoms with Crippen LogP contribution >= 0.6 is 0 Å². The molecule has 3 aromatic rings. The quantitative estimate of drug-likeness (QED) is 0.746. The van der Waals surface area contributed by atoms with E-state index in [9.17, 15) is 4.39 Å². The average Bonchev–Trinajstić information content (AvgIpc) is 3.09. The lowest BCUT2D eigenvalue weighted by Gasteiger charge is -2.11. The Balaban J connectivity index is 1.72. The van der Waals surface area contributed by atoms with Crippen LogP contribution in [0.2, 0.25) is 0 Å². The largest absolute Gasteiger partial charge is 0.374 e. The van der Waals surface area contributed by atoms with Gasteiger partial charge in [-0.05, 0) is 43.2 Å². The molecule has 0 aliphatic rings. The monoisotopic (exact) mass is 336 g/mol. The number of aryl methyl sites for hydroxylation is 1. The highest BCUT2D eigenvalue weighted by Gasteiger charge is 2.16. The summed E-state index contributed by atoms with van der Waals surface area (Å²) in [5.74, 6) is 0.469. The van der Waals surface area contributed by atoms with Gasteiger partial charge in [0, 0.05) is 11.3 Å². The molecule has 0 saturated carbocycles. The van der Waals surface area contributed by atoms with E-state index in [-0.39, 0.29) is 11.9 Å². The number of benzene rings is 2. The van der Waals surface area contributed by atoms with Crippen LogP contribution in [0.3, 0.4) is 0 Å². The molecule has 0 aliphatic carbocycles. The van der Waals surface area contributed by atoms with Gasteiger partial charge in [-0.2, -0.15) is 10.2 Å². The predicted molar refractivity (Wildman–Crippen MR) is 92.2 cm³/mol. The Labute approximate surface area is 145 Å². The van der Waals surface area contributed by atoms with E-state index in [0.29, 0.717) is 29.3 Å². The van der Waals surface area contributed by atoms with Crippen molar-refractivity contribution in [3.05, 3.63) is 65.3 Å². The zero-order chi connectivity index (χ0) is 17.8. The predicted octanol–water partition coefficient (Wildman–Crippen LogP) is 4.42. The van der Waals surface area contributed by atoms with E-state index < -0.39 is 0 Å². The van der Waals surface area contributed by atoms with Gasteiger partial charge in [0.2, 0.25) is 11.7 Å². The first kappa shape index (κ1) is 16.7. The van der Waals surface area contributed by atoms with E-state index in [1.807, 2.05) is 31.2 Å². The lowest BCUT2D eigenvalue weighted by atomic mass is 10.1. The molecule has 0 amide bonds. The van der Waals surface area contributed by atoms with E-state index in [2.05, 4.69) is 21.5 Å². The summed E-state index contributed by atoms with van der Waals surface area (Å²) in [6, 6.07) is 14.3. The number of rotatable bonds is 5. The van der Waals surface area contributed by atoms with Crippen LogP contribution in [0.5, 0.6) is 0 Å². The lowest BCUT2D eigenvalue weighted by Crippen LogP contribution is -2.07. The summed E-state index contributed by atoms with van der Waals surface area (Å²) in [7, 11) is 0. The second-order valence-corrected chi connectivity index (χ2v) is 5.82. The minimum absolute atomic E-state index is 0.210. The zero-order valence-electron chi connectivity index (χ0n) is 14.0.